The lowest BCUT2D eigenvalue weighted by Crippen LogP contribution is -2.32. The molecule has 2 rings (SSSR count). The van der Waals surface area contributed by atoms with Gasteiger partial charge in [0.1, 0.15) is 5.75 Å². The lowest BCUT2D eigenvalue weighted by atomic mass is 10.1. The van der Waals surface area contributed by atoms with Crippen LogP contribution in [-0.2, 0) is 9.59 Å². The number of benzene rings is 1. The van der Waals surface area contributed by atoms with E-state index < -0.39 is 17.8 Å². The van der Waals surface area contributed by atoms with Crippen molar-refractivity contribution in [3.05, 3.63) is 34.9 Å². The molecule has 1 aromatic carbocycles. The first-order chi connectivity index (χ1) is 9.38. The second-order valence-corrected chi connectivity index (χ2v) is 4.38. The van der Waals surface area contributed by atoms with E-state index in [1.807, 2.05) is 0 Å². The van der Waals surface area contributed by atoms with Crippen LogP contribution in [0.3, 0.4) is 0 Å². The Balaban J connectivity index is 2.57. The van der Waals surface area contributed by atoms with Crippen LogP contribution in [0.5, 0.6) is 5.75 Å². The monoisotopic (exact) mass is 275 g/mol. The van der Waals surface area contributed by atoms with Crippen LogP contribution in [0.4, 0.5) is 5.69 Å². The van der Waals surface area contributed by atoms with Gasteiger partial charge in [-0.25, -0.2) is 9.69 Å². The molecule has 0 radical (unpaired) electrons. The van der Waals surface area contributed by atoms with E-state index in [-0.39, 0.29) is 11.3 Å². The predicted molar refractivity (Wildman–Crippen MR) is 70.8 cm³/mol. The number of hydrogen-bond acceptors (Lipinski definition) is 4. The lowest BCUT2D eigenvalue weighted by molar-refractivity contribution is -0.120. The van der Waals surface area contributed by atoms with Crippen LogP contribution in [0, 0.1) is 0 Å². The number of carbonyl (C=O) groups is 3. The summed E-state index contributed by atoms with van der Waals surface area (Å²) in [5, 5.41) is 9.23. The third-order valence-corrected chi connectivity index (χ3v) is 3.29. The number of carbonyl (C=O) groups excluding carboxylic acids is 2. The molecule has 6 heteroatoms. The fourth-order valence-corrected chi connectivity index (χ4v) is 1.98. The highest BCUT2D eigenvalue weighted by Gasteiger charge is 2.36. The fourth-order valence-electron chi connectivity index (χ4n) is 1.98. The molecular weight excluding hydrogens is 262 g/mol. The maximum atomic E-state index is 12.1. The number of anilines is 1. The van der Waals surface area contributed by atoms with E-state index >= 15 is 0 Å². The fraction of sp³-hybridized carbons (Fsp3) is 0.214. The number of imide groups is 1. The van der Waals surface area contributed by atoms with Gasteiger partial charge in [-0.3, -0.25) is 9.59 Å². The molecule has 0 aromatic heterocycles. The van der Waals surface area contributed by atoms with Crippen molar-refractivity contribution >= 4 is 23.5 Å². The first-order valence-corrected chi connectivity index (χ1v) is 5.86. The topological polar surface area (TPSA) is 83.9 Å². The molecule has 20 heavy (non-hydrogen) atoms. The van der Waals surface area contributed by atoms with Crippen molar-refractivity contribution in [1.29, 1.82) is 0 Å². The molecule has 6 nitrogen and oxygen atoms in total. The molecule has 1 N–H and O–H groups in total. The van der Waals surface area contributed by atoms with Gasteiger partial charge in [-0.05, 0) is 32.0 Å². The Labute approximate surface area is 115 Å². The van der Waals surface area contributed by atoms with Gasteiger partial charge in [-0.15, -0.1) is 0 Å². The van der Waals surface area contributed by atoms with E-state index in [0.29, 0.717) is 16.9 Å². The normalized spacial score (nSPS) is 15.1. The average Bonchev–Trinajstić information content (AvgIpc) is 2.62. The Hall–Kier alpha value is -2.63. The minimum atomic E-state index is -1.23. The Kier molecular flexibility index (Phi) is 3.31. The Morgan fingerprint density at radius 2 is 1.70 bits per heavy atom. The number of ether oxygens (including phenoxy) is 1. The van der Waals surface area contributed by atoms with Crippen LogP contribution in [0.15, 0.2) is 29.3 Å². The summed E-state index contributed by atoms with van der Waals surface area (Å²) in [6, 6.07) is 4.18. The van der Waals surface area contributed by atoms with Gasteiger partial charge in [-0.1, -0.05) is 0 Å². The largest absolute Gasteiger partial charge is 0.497 e. The van der Waals surface area contributed by atoms with Crippen molar-refractivity contribution in [2.45, 2.75) is 13.8 Å². The number of amides is 2. The summed E-state index contributed by atoms with van der Waals surface area (Å²) < 4.78 is 4.96. The minimum Gasteiger partial charge on any atom is -0.497 e. The number of methoxy groups -OCH3 is 1. The number of carboxylic acid groups (broad SMARTS) is 1. The zero-order valence-corrected chi connectivity index (χ0v) is 11.3. The molecule has 1 aliphatic rings. The number of aromatic carboxylic acids is 1. The molecule has 0 bridgehead atoms. The van der Waals surface area contributed by atoms with Crippen LogP contribution in [0.1, 0.15) is 24.2 Å². The molecular formula is C14H13NO5. The first kappa shape index (κ1) is 13.8. The molecule has 0 saturated heterocycles. The van der Waals surface area contributed by atoms with E-state index in [9.17, 15) is 19.5 Å². The first-order valence-electron chi connectivity index (χ1n) is 5.86. The summed E-state index contributed by atoms with van der Waals surface area (Å²) in [6.45, 7) is 3.08. The predicted octanol–water partition coefficient (Wildman–Crippen LogP) is 1.60. The van der Waals surface area contributed by atoms with E-state index in [0.717, 1.165) is 4.90 Å². The van der Waals surface area contributed by atoms with E-state index in [2.05, 4.69) is 0 Å². The van der Waals surface area contributed by atoms with E-state index in [1.165, 1.54) is 25.3 Å². The van der Waals surface area contributed by atoms with Gasteiger partial charge < -0.3 is 9.84 Å². The van der Waals surface area contributed by atoms with Crippen molar-refractivity contribution in [1.82, 2.24) is 0 Å². The maximum Gasteiger partial charge on any atom is 0.337 e. The Morgan fingerprint density at radius 1 is 1.15 bits per heavy atom. The SMILES string of the molecule is COc1ccc(N2C(=O)C(C)=C(C)C2=O)c(C(=O)O)c1. The maximum absolute atomic E-state index is 12.1. The third-order valence-electron chi connectivity index (χ3n) is 3.29. The number of hydrogen-bond donors (Lipinski definition) is 1. The minimum absolute atomic E-state index is 0.0458. The van der Waals surface area contributed by atoms with Gasteiger partial charge >= 0.3 is 5.97 Å². The summed E-state index contributed by atoms with van der Waals surface area (Å²) >= 11 is 0. The molecule has 104 valence electrons. The second kappa shape index (κ2) is 4.80. The van der Waals surface area contributed by atoms with Crippen LogP contribution in [0.2, 0.25) is 0 Å². The molecule has 0 unspecified atom stereocenters. The van der Waals surface area contributed by atoms with Crippen molar-refractivity contribution in [3.63, 3.8) is 0 Å². The average molecular weight is 275 g/mol. The summed E-state index contributed by atoms with van der Waals surface area (Å²) in [5.74, 6) is -1.89. The van der Waals surface area contributed by atoms with Crippen LogP contribution in [0.25, 0.3) is 0 Å². The summed E-state index contributed by atoms with van der Waals surface area (Å²) in [5.41, 5.74) is 0.530. The summed E-state index contributed by atoms with van der Waals surface area (Å²) in [6.07, 6.45) is 0. The molecule has 1 aromatic rings. The van der Waals surface area contributed by atoms with Crippen molar-refractivity contribution in [2.24, 2.45) is 0 Å². The highest BCUT2D eigenvalue weighted by Crippen LogP contribution is 2.31. The van der Waals surface area contributed by atoms with Crippen LogP contribution in [-0.4, -0.2) is 30.0 Å². The number of rotatable bonds is 3. The molecule has 1 heterocycles. The zero-order chi connectivity index (χ0) is 15.0. The Bertz CT molecular complexity index is 636. The highest BCUT2D eigenvalue weighted by molar-refractivity contribution is 6.33. The van der Waals surface area contributed by atoms with Gasteiger partial charge in [0.15, 0.2) is 0 Å². The molecule has 0 saturated carbocycles. The molecule has 0 spiro atoms. The lowest BCUT2D eigenvalue weighted by Gasteiger charge is -2.17. The van der Waals surface area contributed by atoms with Gasteiger partial charge in [0.2, 0.25) is 0 Å². The van der Waals surface area contributed by atoms with Gasteiger partial charge in [0.25, 0.3) is 11.8 Å². The van der Waals surface area contributed by atoms with Gasteiger partial charge in [0, 0.05) is 11.1 Å². The molecule has 0 atom stereocenters. The third kappa shape index (κ3) is 1.95. The zero-order valence-electron chi connectivity index (χ0n) is 11.3. The molecule has 0 aliphatic carbocycles. The van der Waals surface area contributed by atoms with Crippen LogP contribution >= 0.6 is 0 Å². The standard InChI is InChI=1S/C14H13NO5/c1-7-8(2)13(17)15(12(7)16)11-5-4-9(20-3)6-10(11)14(18)19/h4-6H,1-3H3,(H,18,19). The van der Waals surface area contributed by atoms with Gasteiger partial charge in [0.05, 0.1) is 18.4 Å². The molecule has 2 amide bonds. The van der Waals surface area contributed by atoms with Gasteiger partial charge in [-0.2, -0.15) is 0 Å². The van der Waals surface area contributed by atoms with E-state index in [4.69, 9.17) is 4.74 Å². The summed E-state index contributed by atoms with van der Waals surface area (Å²) in [4.78, 5) is 36.3. The molecule has 1 aliphatic heterocycles. The van der Waals surface area contributed by atoms with E-state index in [1.54, 1.807) is 13.8 Å². The van der Waals surface area contributed by atoms with Crippen LogP contribution < -0.4 is 9.64 Å². The van der Waals surface area contributed by atoms with Crippen molar-refractivity contribution in [3.8, 4) is 5.75 Å². The smallest absolute Gasteiger partial charge is 0.337 e. The summed E-state index contributed by atoms with van der Waals surface area (Å²) in [7, 11) is 1.41. The Morgan fingerprint density at radius 3 is 2.15 bits per heavy atom. The quantitative estimate of drug-likeness (QED) is 0.847. The second-order valence-electron chi connectivity index (χ2n) is 4.38. The molecule has 0 fully saturated rings. The number of nitrogens with zero attached hydrogens (tertiary/aromatic N) is 1. The van der Waals surface area contributed by atoms with Crippen molar-refractivity contribution in [2.75, 3.05) is 12.0 Å². The number of carboxylic acids is 1. The van der Waals surface area contributed by atoms with Crippen molar-refractivity contribution < 1.29 is 24.2 Å². The highest BCUT2D eigenvalue weighted by atomic mass is 16.5.